The van der Waals surface area contributed by atoms with E-state index in [0.29, 0.717) is 40.9 Å². The summed E-state index contributed by atoms with van der Waals surface area (Å²) in [5.74, 6) is -0.389. The first-order chi connectivity index (χ1) is 16.9. The molecule has 0 radical (unpaired) electrons. The van der Waals surface area contributed by atoms with Crippen molar-refractivity contribution in [3.8, 4) is 22.8 Å². The fourth-order valence-electron chi connectivity index (χ4n) is 4.44. The lowest BCUT2D eigenvalue weighted by Crippen LogP contribution is -2.26. The van der Waals surface area contributed by atoms with Crippen LogP contribution in [-0.4, -0.2) is 28.3 Å². The molecule has 36 heavy (non-hydrogen) atoms. The SMILES string of the molecule is Cc1ccc(CC(=O)C2(c3ccc4c(c3)OC(F)(F)O4)CC2)nc1-c1cccc(C(O)C(F)(F)F)c1.[HH]. The van der Waals surface area contributed by atoms with Gasteiger partial charge in [-0.25, -0.2) is 0 Å². The zero-order valence-corrected chi connectivity index (χ0v) is 18.9. The van der Waals surface area contributed by atoms with E-state index in [1.54, 1.807) is 31.2 Å². The van der Waals surface area contributed by atoms with Crippen molar-refractivity contribution in [1.82, 2.24) is 4.98 Å². The number of aliphatic hydroxyl groups is 1. The van der Waals surface area contributed by atoms with Crippen LogP contribution < -0.4 is 9.47 Å². The number of fused-ring (bicyclic) bond motifs is 1. The van der Waals surface area contributed by atoms with E-state index in [1.165, 1.54) is 30.3 Å². The number of hydrogen-bond donors (Lipinski definition) is 1. The van der Waals surface area contributed by atoms with Gasteiger partial charge in [-0.05, 0) is 60.7 Å². The van der Waals surface area contributed by atoms with Gasteiger partial charge >= 0.3 is 12.5 Å². The third-order valence-corrected chi connectivity index (χ3v) is 6.52. The molecule has 3 aromatic rings. The Balaban J connectivity index is 0.00000320. The highest BCUT2D eigenvalue weighted by Crippen LogP contribution is 2.52. The van der Waals surface area contributed by atoms with Crippen molar-refractivity contribution in [2.24, 2.45) is 0 Å². The normalized spacial score (nSPS) is 18.1. The zero-order valence-electron chi connectivity index (χ0n) is 18.9. The largest absolute Gasteiger partial charge is 0.586 e. The lowest BCUT2D eigenvalue weighted by Gasteiger charge is -2.17. The van der Waals surface area contributed by atoms with E-state index in [-0.39, 0.29) is 30.7 Å². The van der Waals surface area contributed by atoms with Crippen LogP contribution in [0.4, 0.5) is 22.0 Å². The molecule has 2 heterocycles. The van der Waals surface area contributed by atoms with Crippen molar-refractivity contribution >= 4 is 5.78 Å². The summed E-state index contributed by atoms with van der Waals surface area (Å²) in [5.41, 5.74) is 1.26. The third kappa shape index (κ3) is 4.41. The van der Waals surface area contributed by atoms with Gasteiger partial charge in [0.2, 0.25) is 0 Å². The van der Waals surface area contributed by atoms with Crippen molar-refractivity contribution < 1.29 is 42.8 Å². The predicted octanol–water partition coefficient (Wildman–Crippen LogP) is 6.06. The number of ketones is 1. The predicted molar refractivity (Wildman–Crippen MR) is 120 cm³/mol. The fourth-order valence-corrected chi connectivity index (χ4v) is 4.44. The summed E-state index contributed by atoms with van der Waals surface area (Å²) in [5, 5.41) is 9.61. The summed E-state index contributed by atoms with van der Waals surface area (Å²) >= 11 is 0. The Hall–Kier alpha value is -3.53. The minimum atomic E-state index is -4.81. The molecule has 1 aliphatic carbocycles. The Morgan fingerprint density at radius 3 is 2.50 bits per heavy atom. The first kappa shape index (κ1) is 24.2. The molecule has 1 unspecified atom stereocenters. The highest BCUT2D eigenvalue weighted by atomic mass is 19.4. The topological polar surface area (TPSA) is 68.7 Å². The summed E-state index contributed by atoms with van der Waals surface area (Å²) in [4.78, 5) is 17.8. The second-order valence-electron chi connectivity index (χ2n) is 9.05. The third-order valence-electron chi connectivity index (χ3n) is 6.52. The molecule has 2 aliphatic rings. The summed E-state index contributed by atoms with van der Waals surface area (Å²) in [6.45, 7) is 1.74. The molecule has 0 amide bonds. The fraction of sp³-hybridized carbons (Fsp3) is 0.308. The van der Waals surface area contributed by atoms with Gasteiger partial charge in [-0.1, -0.05) is 30.3 Å². The maximum atomic E-state index is 13.4. The van der Waals surface area contributed by atoms with Crippen LogP contribution in [0.1, 0.15) is 42.8 Å². The number of benzene rings is 2. The summed E-state index contributed by atoms with van der Waals surface area (Å²) in [6, 6.07) is 13.1. The second-order valence-corrected chi connectivity index (χ2v) is 9.05. The molecule has 5 rings (SSSR count). The number of rotatable bonds is 6. The minimum Gasteiger partial charge on any atom is -0.395 e. The number of aromatic nitrogens is 1. The number of carbonyl (C=O) groups excluding carboxylic acids is 1. The van der Waals surface area contributed by atoms with Gasteiger partial charge in [0.1, 0.15) is 5.78 Å². The van der Waals surface area contributed by atoms with Gasteiger partial charge in [0.25, 0.3) is 0 Å². The molecule has 1 saturated carbocycles. The number of halogens is 5. The number of alkyl halides is 5. The van der Waals surface area contributed by atoms with E-state index in [2.05, 4.69) is 14.5 Å². The second kappa shape index (κ2) is 8.26. The van der Waals surface area contributed by atoms with Crippen molar-refractivity contribution in [1.29, 1.82) is 0 Å². The molecule has 2 aromatic carbocycles. The smallest absolute Gasteiger partial charge is 0.395 e. The quantitative estimate of drug-likeness (QED) is 0.411. The highest BCUT2D eigenvalue weighted by molar-refractivity contribution is 5.94. The molecular weight excluding hydrogens is 485 g/mol. The molecule has 0 spiro atoms. The van der Waals surface area contributed by atoms with Crippen LogP contribution in [0.3, 0.4) is 0 Å². The number of ether oxygens (including phenoxy) is 2. The van der Waals surface area contributed by atoms with Gasteiger partial charge in [-0.15, -0.1) is 8.78 Å². The van der Waals surface area contributed by atoms with E-state index in [4.69, 9.17) is 0 Å². The Bertz CT molecular complexity index is 1360. The van der Waals surface area contributed by atoms with Crippen molar-refractivity contribution in [3.63, 3.8) is 0 Å². The summed E-state index contributed by atoms with van der Waals surface area (Å²) in [6.07, 6.45) is -10.2. The molecule has 1 atom stereocenters. The van der Waals surface area contributed by atoms with Crippen molar-refractivity contribution in [2.75, 3.05) is 0 Å². The summed E-state index contributed by atoms with van der Waals surface area (Å²) < 4.78 is 74.6. The van der Waals surface area contributed by atoms with Crippen LogP contribution in [0, 0.1) is 6.92 Å². The van der Waals surface area contributed by atoms with E-state index < -0.39 is 24.0 Å². The number of nitrogens with zero attached hydrogens (tertiary/aromatic N) is 1. The first-order valence-corrected chi connectivity index (χ1v) is 11.1. The maximum absolute atomic E-state index is 13.4. The zero-order chi connectivity index (χ0) is 25.9. The molecule has 5 nitrogen and oxygen atoms in total. The maximum Gasteiger partial charge on any atom is 0.586 e. The highest BCUT2D eigenvalue weighted by Gasteiger charge is 2.52. The molecule has 0 bridgehead atoms. The van der Waals surface area contributed by atoms with Gasteiger partial charge in [0, 0.05) is 19.1 Å². The number of pyridine rings is 1. The van der Waals surface area contributed by atoms with E-state index in [1.807, 2.05) is 0 Å². The van der Waals surface area contributed by atoms with Crippen LogP contribution in [0.2, 0.25) is 0 Å². The van der Waals surface area contributed by atoms with E-state index in [9.17, 15) is 31.9 Å². The van der Waals surface area contributed by atoms with Crippen LogP contribution >= 0.6 is 0 Å². The van der Waals surface area contributed by atoms with Gasteiger partial charge in [0.15, 0.2) is 17.6 Å². The molecule has 1 aliphatic heterocycles. The molecule has 1 fully saturated rings. The van der Waals surface area contributed by atoms with Crippen molar-refractivity contribution in [3.05, 3.63) is 77.0 Å². The van der Waals surface area contributed by atoms with Gasteiger partial charge < -0.3 is 14.6 Å². The molecule has 1 N–H and O–H groups in total. The Kier molecular flexibility index (Phi) is 5.55. The average Bonchev–Trinajstić information content (AvgIpc) is 3.56. The molecule has 1 aromatic heterocycles. The monoisotopic (exact) mass is 507 g/mol. The summed E-state index contributed by atoms with van der Waals surface area (Å²) in [7, 11) is 0. The molecule has 190 valence electrons. The molecule has 0 saturated heterocycles. The number of Topliss-reactive ketones (excluding diaryl/α,β-unsaturated/α-hetero) is 1. The Labute approximate surface area is 204 Å². The molecule has 10 heteroatoms. The van der Waals surface area contributed by atoms with Crippen molar-refractivity contribution in [2.45, 2.75) is 50.2 Å². The number of carbonyl (C=O) groups is 1. The number of aryl methyl sites for hydroxylation is 1. The Morgan fingerprint density at radius 2 is 1.81 bits per heavy atom. The van der Waals surface area contributed by atoms with Crippen LogP contribution in [0.5, 0.6) is 11.5 Å². The van der Waals surface area contributed by atoms with Gasteiger partial charge in [0.05, 0.1) is 11.1 Å². The van der Waals surface area contributed by atoms with Crippen LogP contribution in [0.15, 0.2) is 54.6 Å². The minimum absolute atomic E-state index is 0. The standard InChI is InChI=1S/C26H20F5NO4.H2/c1-14-5-7-18(32-22(14)15-3-2-4-16(11-15)23(34)25(27,28)29)13-21(33)24(9-10-24)17-6-8-19-20(12-17)36-26(30,31)35-19;/h2-8,11-12,23,34H,9-10,13H2,1H3;1H. The Morgan fingerprint density at radius 1 is 1.08 bits per heavy atom. The number of hydrogen-bond acceptors (Lipinski definition) is 5. The van der Waals surface area contributed by atoms with Gasteiger partial charge in [-0.3, -0.25) is 9.78 Å². The first-order valence-electron chi connectivity index (χ1n) is 11.1. The number of aliphatic hydroxyl groups excluding tert-OH is 1. The van der Waals surface area contributed by atoms with Crippen LogP contribution in [-0.2, 0) is 16.6 Å². The average molecular weight is 507 g/mol. The van der Waals surface area contributed by atoms with Crippen LogP contribution in [0.25, 0.3) is 11.3 Å². The van der Waals surface area contributed by atoms with Gasteiger partial charge in [-0.2, -0.15) is 13.2 Å². The lowest BCUT2D eigenvalue weighted by atomic mass is 9.88. The molecular formula is C26H22F5NO4. The van der Waals surface area contributed by atoms with E-state index in [0.717, 1.165) is 0 Å². The lowest BCUT2D eigenvalue weighted by molar-refractivity contribution is -0.286. The van der Waals surface area contributed by atoms with E-state index >= 15 is 0 Å².